The fourth-order valence-corrected chi connectivity index (χ4v) is 3.54. The molecule has 0 radical (unpaired) electrons. The number of hydrogen-bond acceptors (Lipinski definition) is 6. The van der Waals surface area contributed by atoms with Crippen molar-refractivity contribution in [3.8, 4) is 0 Å². The summed E-state index contributed by atoms with van der Waals surface area (Å²) in [6, 6.07) is 1.82. The first-order valence-electron chi connectivity index (χ1n) is 9.47. The van der Waals surface area contributed by atoms with E-state index < -0.39 is 0 Å². The van der Waals surface area contributed by atoms with Gasteiger partial charge in [0.2, 0.25) is 17.8 Å². The summed E-state index contributed by atoms with van der Waals surface area (Å²) >= 11 is 0. The van der Waals surface area contributed by atoms with Gasteiger partial charge in [0, 0.05) is 71.2 Å². The second kappa shape index (κ2) is 8.93. The summed E-state index contributed by atoms with van der Waals surface area (Å²) in [4.78, 5) is 39.0. The highest BCUT2D eigenvalue weighted by molar-refractivity contribution is 5.83. The van der Waals surface area contributed by atoms with Crippen molar-refractivity contribution >= 4 is 17.8 Å². The molecule has 8 nitrogen and oxygen atoms in total. The number of hydrogen-bond donors (Lipinski definition) is 1. The molecule has 1 aromatic rings. The Bertz CT molecular complexity index is 603. The van der Waals surface area contributed by atoms with Gasteiger partial charge in [-0.05, 0) is 19.4 Å². The van der Waals surface area contributed by atoms with Gasteiger partial charge in [-0.15, -0.1) is 0 Å². The van der Waals surface area contributed by atoms with Crippen LogP contribution in [0.1, 0.15) is 19.8 Å². The second-order valence-corrected chi connectivity index (χ2v) is 6.84. The van der Waals surface area contributed by atoms with Crippen LogP contribution in [-0.4, -0.2) is 83.9 Å². The summed E-state index contributed by atoms with van der Waals surface area (Å²) in [6.45, 7) is 8.36. The maximum Gasteiger partial charge on any atom is 0.225 e. The van der Waals surface area contributed by atoms with E-state index in [1.807, 2.05) is 13.0 Å². The van der Waals surface area contributed by atoms with Gasteiger partial charge in [0.05, 0.1) is 5.92 Å². The number of carbonyl (C=O) groups excluding carboxylic acids is 2. The quantitative estimate of drug-likeness (QED) is 0.767. The van der Waals surface area contributed by atoms with Crippen molar-refractivity contribution in [1.29, 1.82) is 0 Å². The molecule has 26 heavy (non-hydrogen) atoms. The van der Waals surface area contributed by atoms with Gasteiger partial charge in [0.15, 0.2) is 0 Å². The first-order valence-corrected chi connectivity index (χ1v) is 9.47. The predicted octanol–water partition coefficient (Wildman–Crippen LogP) is -0.0267. The smallest absolute Gasteiger partial charge is 0.225 e. The van der Waals surface area contributed by atoms with Crippen molar-refractivity contribution in [2.75, 3.05) is 57.3 Å². The Labute approximate surface area is 154 Å². The normalized spacial score (nSPS) is 21.7. The molecule has 0 bridgehead atoms. The van der Waals surface area contributed by atoms with E-state index in [0.717, 1.165) is 38.7 Å². The fourth-order valence-electron chi connectivity index (χ4n) is 3.54. The number of anilines is 1. The van der Waals surface area contributed by atoms with Gasteiger partial charge in [0.1, 0.15) is 0 Å². The molecule has 142 valence electrons. The van der Waals surface area contributed by atoms with Crippen LogP contribution >= 0.6 is 0 Å². The molecule has 2 saturated heterocycles. The van der Waals surface area contributed by atoms with E-state index >= 15 is 0 Å². The number of aromatic nitrogens is 2. The highest BCUT2D eigenvalue weighted by Crippen LogP contribution is 2.17. The van der Waals surface area contributed by atoms with Gasteiger partial charge in [-0.25, -0.2) is 9.97 Å². The molecular formula is C18H28N6O2. The Kier molecular flexibility index (Phi) is 6.38. The molecule has 8 heteroatoms. The van der Waals surface area contributed by atoms with Gasteiger partial charge in [-0.1, -0.05) is 0 Å². The van der Waals surface area contributed by atoms with Crippen LogP contribution in [0.25, 0.3) is 0 Å². The van der Waals surface area contributed by atoms with E-state index in [9.17, 15) is 9.59 Å². The van der Waals surface area contributed by atoms with Crippen molar-refractivity contribution in [2.24, 2.45) is 5.92 Å². The van der Waals surface area contributed by atoms with E-state index in [1.165, 1.54) is 0 Å². The third-order valence-corrected chi connectivity index (χ3v) is 5.19. The zero-order valence-electron chi connectivity index (χ0n) is 15.4. The lowest BCUT2D eigenvalue weighted by atomic mass is 9.96. The molecule has 1 aromatic heterocycles. The molecule has 3 heterocycles. The lowest BCUT2D eigenvalue weighted by Gasteiger charge is -2.35. The van der Waals surface area contributed by atoms with Gasteiger partial charge in [-0.3, -0.25) is 14.5 Å². The number of nitrogens with one attached hydrogen (secondary N) is 1. The number of piperidine rings is 1. The predicted molar refractivity (Wildman–Crippen MR) is 98.7 cm³/mol. The summed E-state index contributed by atoms with van der Waals surface area (Å²) < 4.78 is 0. The first kappa shape index (κ1) is 18.6. The molecule has 0 aliphatic carbocycles. The SMILES string of the molecule is CCN1CC(C(=O)NCCN2CCN(c3ncccn3)CC2)CCC1=O. The average Bonchev–Trinajstić information content (AvgIpc) is 2.69. The first-order chi connectivity index (χ1) is 12.7. The summed E-state index contributed by atoms with van der Waals surface area (Å²) in [5.74, 6) is 0.955. The van der Waals surface area contributed by atoms with Crippen LogP contribution in [0.2, 0.25) is 0 Å². The number of amides is 2. The molecule has 2 amide bonds. The van der Waals surface area contributed by atoms with Gasteiger partial charge < -0.3 is 15.1 Å². The van der Waals surface area contributed by atoms with Crippen molar-refractivity contribution in [2.45, 2.75) is 19.8 Å². The van der Waals surface area contributed by atoms with Crippen molar-refractivity contribution in [3.63, 3.8) is 0 Å². The monoisotopic (exact) mass is 360 g/mol. The van der Waals surface area contributed by atoms with E-state index in [2.05, 4.69) is 25.1 Å². The Morgan fingerprint density at radius 2 is 1.96 bits per heavy atom. The van der Waals surface area contributed by atoms with Crippen LogP contribution in [-0.2, 0) is 9.59 Å². The van der Waals surface area contributed by atoms with Crippen LogP contribution in [0, 0.1) is 5.92 Å². The second-order valence-electron chi connectivity index (χ2n) is 6.84. The van der Waals surface area contributed by atoms with E-state index in [4.69, 9.17) is 0 Å². The van der Waals surface area contributed by atoms with E-state index in [1.54, 1.807) is 17.3 Å². The third kappa shape index (κ3) is 4.69. The van der Waals surface area contributed by atoms with Crippen molar-refractivity contribution in [1.82, 2.24) is 25.1 Å². The largest absolute Gasteiger partial charge is 0.355 e. The van der Waals surface area contributed by atoms with Crippen molar-refractivity contribution in [3.05, 3.63) is 18.5 Å². The van der Waals surface area contributed by atoms with Crippen LogP contribution in [0.3, 0.4) is 0 Å². The van der Waals surface area contributed by atoms with E-state index in [-0.39, 0.29) is 17.7 Å². The minimum atomic E-state index is -0.0697. The molecule has 0 spiro atoms. The van der Waals surface area contributed by atoms with E-state index in [0.29, 0.717) is 32.5 Å². The topological polar surface area (TPSA) is 81.7 Å². The van der Waals surface area contributed by atoms with Gasteiger partial charge in [-0.2, -0.15) is 0 Å². The summed E-state index contributed by atoms with van der Waals surface area (Å²) in [7, 11) is 0. The van der Waals surface area contributed by atoms with Crippen LogP contribution in [0.4, 0.5) is 5.95 Å². The molecule has 2 aliphatic heterocycles. The maximum atomic E-state index is 12.4. The maximum absolute atomic E-state index is 12.4. The van der Waals surface area contributed by atoms with Gasteiger partial charge in [0.25, 0.3) is 0 Å². The average molecular weight is 360 g/mol. The molecule has 0 saturated carbocycles. The molecule has 1 unspecified atom stereocenters. The lowest BCUT2D eigenvalue weighted by molar-refractivity contribution is -0.138. The third-order valence-electron chi connectivity index (χ3n) is 5.19. The highest BCUT2D eigenvalue weighted by atomic mass is 16.2. The number of rotatable bonds is 6. The lowest BCUT2D eigenvalue weighted by Crippen LogP contribution is -2.50. The molecule has 0 aromatic carbocycles. The summed E-state index contributed by atoms with van der Waals surface area (Å²) in [5.41, 5.74) is 0. The minimum Gasteiger partial charge on any atom is -0.355 e. The minimum absolute atomic E-state index is 0.0697. The summed E-state index contributed by atoms with van der Waals surface area (Å²) in [5, 5.41) is 3.05. The van der Waals surface area contributed by atoms with Crippen LogP contribution < -0.4 is 10.2 Å². The number of likely N-dealkylation sites (tertiary alicyclic amines) is 1. The zero-order chi connectivity index (χ0) is 18.4. The zero-order valence-corrected chi connectivity index (χ0v) is 15.4. The standard InChI is InChI=1S/C18H28N6O2/c1-2-23-14-15(4-5-16(23)25)17(26)19-8-9-22-10-12-24(13-11-22)18-20-6-3-7-21-18/h3,6-7,15H,2,4-5,8-14H2,1H3,(H,19,26). The Hall–Kier alpha value is -2.22. The molecule has 1 N–H and O–H groups in total. The number of nitrogens with zero attached hydrogens (tertiary/aromatic N) is 5. The fraction of sp³-hybridized carbons (Fsp3) is 0.667. The molecular weight excluding hydrogens is 332 g/mol. The molecule has 2 fully saturated rings. The molecule has 2 aliphatic rings. The van der Waals surface area contributed by atoms with Crippen molar-refractivity contribution < 1.29 is 9.59 Å². The number of carbonyl (C=O) groups is 2. The molecule has 1 atom stereocenters. The Balaban J connectivity index is 1.35. The Morgan fingerprint density at radius 3 is 2.65 bits per heavy atom. The highest BCUT2D eigenvalue weighted by Gasteiger charge is 2.29. The van der Waals surface area contributed by atoms with Gasteiger partial charge >= 0.3 is 0 Å². The number of piperazine rings is 1. The molecule has 3 rings (SSSR count). The van der Waals surface area contributed by atoms with Crippen LogP contribution in [0.5, 0.6) is 0 Å². The van der Waals surface area contributed by atoms with Crippen LogP contribution in [0.15, 0.2) is 18.5 Å². The summed E-state index contributed by atoms with van der Waals surface area (Å²) in [6.07, 6.45) is 4.68. The Morgan fingerprint density at radius 1 is 1.23 bits per heavy atom.